The van der Waals surface area contributed by atoms with Gasteiger partial charge in [-0.15, -0.1) is 0 Å². The smallest absolute Gasteiger partial charge is 0.0237 e. The van der Waals surface area contributed by atoms with Crippen molar-refractivity contribution in [2.45, 2.75) is 52.2 Å². The molecule has 3 atom stereocenters. The van der Waals surface area contributed by atoms with E-state index in [1.54, 1.807) is 0 Å². The van der Waals surface area contributed by atoms with E-state index in [0.29, 0.717) is 12.1 Å². The van der Waals surface area contributed by atoms with Crippen molar-refractivity contribution < 1.29 is 0 Å². The van der Waals surface area contributed by atoms with Gasteiger partial charge < -0.3 is 5.32 Å². The Kier molecular flexibility index (Phi) is 5.41. The van der Waals surface area contributed by atoms with Gasteiger partial charge in [-0.1, -0.05) is 50.6 Å². The molecule has 19 heavy (non-hydrogen) atoms. The van der Waals surface area contributed by atoms with E-state index in [4.69, 9.17) is 0 Å². The minimum Gasteiger partial charge on any atom is -0.312 e. The van der Waals surface area contributed by atoms with Crippen molar-refractivity contribution in [3.05, 3.63) is 35.9 Å². The second-order valence-corrected chi connectivity index (χ2v) is 6.00. The van der Waals surface area contributed by atoms with Gasteiger partial charge in [0.2, 0.25) is 0 Å². The number of nitrogens with one attached hydrogen (secondary N) is 1. The maximum absolute atomic E-state index is 3.74. The molecule has 2 heteroatoms. The lowest BCUT2D eigenvalue weighted by atomic mass is 9.98. The maximum atomic E-state index is 3.74. The van der Waals surface area contributed by atoms with Crippen LogP contribution in [0.3, 0.4) is 0 Å². The Morgan fingerprint density at radius 1 is 1.32 bits per heavy atom. The molecule has 0 saturated carbocycles. The Balaban J connectivity index is 2.03. The molecule has 1 aromatic carbocycles. The highest BCUT2D eigenvalue weighted by Gasteiger charge is 2.25. The molecule has 1 N–H and O–H groups in total. The predicted molar refractivity (Wildman–Crippen MR) is 82.2 cm³/mol. The molecule has 0 spiro atoms. The Bertz CT molecular complexity index is 363. The van der Waals surface area contributed by atoms with Crippen molar-refractivity contribution in [2.75, 3.05) is 13.1 Å². The quantitative estimate of drug-likeness (QED) is 0.893. The van der Waals surface area contributed by atoms with E-state index in [2.05, 4.69) is 61.3 Å². The van der Waals surface area contributed by atoms with Crippen LogP contribution >= 0.6 is 0 Å². The van der Waals surface area contributed by atoms with Gasteiger partial charge in [-0.3, -0.25) is 4.90 Å². The van der Waals surface area contributed by atoms with Crippen LogP contribution in [-0.2, 0) is 6.54 Å². The molecule has 1 saturated heterocycles. The first kappa shape index (κ1) is 14.5. The van der Waals surface area contributed by atoms with Crippen molar-refractivity contribution in [1.29, 1.82) is 0 Å². The first-order valence-corrected chi connectivity index (χ1v) is 7.72. The fraction of sp³-hybridized carbons (Fsp3) is 0.647. The summed E-state index contributed by atoms with van der Waals surface area (Å²) in [5.74, 6) is 0.753. The monoisotopic (exact) mass is 260 g/mol. The summed E-state index contributed by atoms with van der Waals surface area (Å²) in [6.07, 6.45) is 2.50. The minimum absolute atomic E-state index is 0.638. The summed E-state index contributed by atoms with van der Waals surface area (Å²) in [6, 6.07) is 12.2. The summed E-state index contributed by atoms with van der Waals surface area (Å²) in [6.45, 7) is 10.4. The molecule has 1 fully saturated rings. The van der Waals surface area contributed by atoms with Gasteiger partial charge in [0.1, 0.15) is 0 Å². The van der Waals surface area contributed by atoms with Crippen LogP contribution in [0.5, 0.6) is 0 Å². The molecule has 2 nitrogen and oxygen atoms in total. The largest absolute Gasteiger partial charge is 0.312 e. The average molecular weight is 260 g/mol. The molecule has 1 heterocycles. The van der Waals surface area contributed by atoms with E-state index in [1.807, 2.05) is 0 Å². The molecular formula is C17H28N2. The highest BCUT2D eigenvalue weighted by atomic mass is 15.2. The molecule has 0 aromatic heterocycles. The normalized spacial score (nSPS) is 26.9. The summed E-state index contributed by atoms with van der Waals surface area (Å²) < 4.78 is 0. The van der Waals surface area contributed by atoms with Crippen LogP contribution in [0.15, 0.2) is 30.3 Å². The van der Waals surface area contributed by atoms with Gasteiger partial charge in [-0.25, -0.2) is 0 Å². The molecule has 0 radical (unpaired) electrons. The third-order valence-corrected chi connectivity index (χ3v) is 4.58. The number of hydrogen-bond acceptors (Lipinski definition) is 2. The molecule has 1 aliphatic heterocycles. The first-order valence-electron chi connectivity index (χ1n) is 7.72. The highest BCUT2D eigenvalue weighted by molar-refractivity contribution is 5.14. The van der Waals surface area contributed by atoms with Gasteiger partial charge in [-0.2, -0.15) is 0 Å². The van der Waals surface area contributed by atoms with Gasteiger partial charge >= 0.3 is 0 Å². The zero-order valence-corrected chi connectivity index (χ0v) is 12.6. The van der Waals surface area contributed by atoms with Gasteiger partial charge in [0, 0.05) is 25.2 Å². The molecule has 106 valence electrons. The molecule has 2 rings (SSSR count). The van der Waals surface area contributed by atoms with Crippen molar-refractivity contribution in [2.24, 2.45) is 5.92 Å². The fourth-order valence-electron chi connectivity index (χ4n) is 2.86. The van der Waals surface area contributed by atoms with Gasteiger partial charge in [0.15, 0.2) is 0 Å². The lowest BCUT2D eigenvalue weighted by Gasteiger charge is -2.31. The van der Waals surface area contributed by atoms with Crippen molar-refractivity contribution in [3.8, 4) is 0 Å². The zero-order chi connectivity index (χ0) is 13.7. The van der Waals surface area contributed by atoms with E-state index in [0.717, 1.165) is 19.0 Å². The number of nitrogens with zero attached hydrogens (tertiary/aromatic N) is 1. The predicted octanol–water partition coefficient (Wildman–Crippen LogP) is 3.29. The molecule has 0 bridgehead atoms. The minimum atomic E-state index is 0.638. The lowest BCUT2D eigenvalue weighted by molar-refractivity contribution is 0.180. The molecule has 1 aliphatic rings. The maximum Gasteiger partial charge on any atom is 0.0237 e. The number of benzene rings is 1. The average Bonchev–Trinajstić information content (AvgIpc) is 2.62. The standard InChI is InChI=1S/C17H28N2/c1-4-14(2)17-13-19(15(3)10-11-18-17)12-16-8-6-5-7-9-16/h5-9,14-15,17-18H,4,10-13H2,1-3H3. The van der Waals surface area contributed by atoms with Crippen LogP contribution in [-0.4, -0.2) is 30.1 Å². The van der Waals surface area contributed by atoms with Crippen LogP contribution in [0, 0.1) is 5.92 Å². The van der Waals surface area contributed by atoms with E-state index in [9.17, 15) is 0 Å². The summed E-state index contributed by atoms with van der Waals surface area (Å²) >= 11 is 0. The number of rotatable bonds is 4. The second kappa shape index (κ2) is 7.06. The SMILES string of the molecule is CCC(C)C1CN(Cc2ccccc2)C(C)CCN1. The molecule has 3 unspecified atom stereocenters. The van der Waals surface area contributed by atoms with E-state index < -0.39 is 0 Å². The van der Waals surface area contributed by atoms with Crippen LogP contribution in [0.4, 0.5) is 0 Å². The summed E-state index contributed by atoms with van der Waals surface area (Å²) in [7, 11) is 0. The van der Waals surface area contributed by atoms with Crippen LogP contribution in [0.1, 0.15) is 39.2 Å². The van der Waals surface area contributed by atoms with Gasteiger partial charge in [0.25, 0.3) is 0 Å². The summed E-state index contributed by atoms with van der Waals surface area (Å²) in [5, 5.41) is 3.74. The lowest BCUT2D eigenvalue weighted by Crippen LogP contribution is -2.43. The van der Waals surface area contributed by atoms with Crippen LogP contribution in [0.2, 0.25) is 0 Å². The van der Waals surface area contributed by atoms with Gasteiger partial charge in [-0.05, 0) is 31.4 Å². The Morgan fingerprint density at radius 3 is 2.74 bits per heavy atom. The van der Waals surface area contributed by atoms with E-state index in [1.165, 1.54) is 24.9 Å². The Morgan fingerprint density at radius 2 is 2.05 bits per heavy atom. The van der Waals surface area contributed by atoms with Crippen molar-refractivity contribution in [1.82, 2.24) is 10.2 Å². The summed E-state index contributed by atoms with van der Waals surface area (Å²) in [4.78, 5) is 2.64. The molecule has 0 aliphatic carbocycles. The number of hydrogen-bond donors (Lipinski definition) is 1. The highest BCUT2D eigenvalue weighted by Crippen LogP contribution is 2.18. The zero-order valence-electron chi connectivity index (χ0n) is 12.6. The van der Waals surface area contributed by atoms with Gasteiger partial charge in [0.05, 0.1) is 0 Å². The molecule has 1 aromatic rings. The van der Waals surface area contributed by atoms with E-state index >= 15 is 0 Å². The third kappa shape index (κ3) is 4.05. The first-order chi connectivity index (χ1) is 9.20. The fourth-order valence-corrected chi connectivity index (χ4v) is 2.86. The van der Waals surface area contributed by atoms with Crippen molar-refractivity contribution >= 4 is 0 Å². The third-order valence-electron chi connectivity index (χ3n) is 4.58. The Hall–Kier alpha value is -0.860. The molecule has 0 amide bonds. The summed E-state index contributed by atoms with van der Waals surface area (Å²) in [5.41, 5.74) is 1.43. The topological polar surface area (TPSA) is 15.3 Å². The van der Waals surface area contributed by atoms with Crippen molar-refractivity contribution in [3.63, 3.8) is 0 Å². The van der Waals surface area contributed by atoms with Crippen LogP contribution in [0.25, 0.3) is 0 Å². The Labute approximate surface area is 118 Å². The molecular weight excluding hydrogens is 232 g/mol. The van der Waals surface area contributed by atoms with Crippen LogP contribution < -0.4 is 5.32 Å². The van der Waals surface area contributed by atoms with E-state index in [-0.39, 0.29) is 0 Å². The second-order valence-electron chi connectivity index (χ2n) is 6.00.